The largest absolute Gasteiger partial charge is 0.417 e. The van der Waals surface area contributed by atoms with Gasteiger partial charge >= 0.3 is 6.18 Å². The fourth-order valence-electron chi connectivity index (χ4n) is 2.26. The van der Waals surface area contributed by atoms with Crippen molar-refractivity contribution in [3.63, 3.8) is 0 Å². The highest BCUT2D eigenvalue weighted by Crippen LogP contribution is 2.28. The van der Waals surface area contributed by atoms with Gasteiger partial charge < -0.3 is 4.57 Å². The van der Waals surface area contributed by atoms with E-state index in [-0.39, 0.29) is 11.5 Å². The maximum atomic E-state index is 12.5. The van der Waals surface area contributed by atoms with Gasteiger partial charge in [-0.1, -0.05) is 0 Å². The third-order valence-corrected chi connectivity index (χ3v) is 3.59. The van der Waals surface area contributed by atoms with Gasteiger partial charge in [0.15, 0.2) is 0 Å². The van der Waals surface area contributed by atoms with Crippen LogP contribution in [0.3, 0.4) is 0 Å². The summed E-state index contributed by atoms with van der Waals surface area (Å²) < 4.78 is 39.3. The molecule has 27 heavy (non-hydrogen) atoms. The molecule has 10 heteroatoms. The molecule has 2 aromatic heterocycles. The number of non-ortho nitro benzene ring substituents is 1. The van der Waals surface area contributed by atoms with Crippen molar-refractivity contribution < 1.29 is 18.1 Å². The standard InChI is InChI=1S/C17H12F3N5O2/c18-17(19,20)12-3-8-16(21-10-12)23-22-11-15-2-1-9-24(15)13-4-6-14(7-5-13)25(26)27/h1-11H,(H,21,23)/b22-11-. The minimum atomic E-state index is -4.44. The Morgan fingerprint density at radius 3 is 2.48 bits per heavy atom. The normalized spacial score (nSPS) is 11.7. The van der Waals surface area contributed by atoms with Crippen LogP contribution in [0.2, 0.25) is 0 Å². The molecular weight excluding hydrogens is 363 g/mol. The molecule has 0 saturated carbocycles. The lowest BCUT2D eigenvalue weighted by Gasteiger charge is -2.07. The first-order valence-corrected chi connectivity index (χ1v) is 7.59. The number of aromatic nitrogens is 2. The van der Waals surface area contributed by atoms with Crippen LogP contribution in [0.1, 0.15) is 11.3 Å². The number of hydrogen-bond donors (Lipinski definition) is 1. The van der Waals surface area contributed by atoms with E-state index in [2.05, 4.69) is 15.5 Å². The molecule has 0 aliphatic rings. The molecule has 0 amide bonds. The van der Waals surface area contributed by atoms with E-state index in [1.165, 1.54) is 24.4 Å². The Kier molecular flexibility index (Phi) is 4.88. The first-order chi connectivity index (χ1) is 12.8. The predicted octanol–water partition coefficient (Wildman–Crippen LogP) is 4.25. The maximum Gasteiger partial charge on any atom is 0.417 e. The minimum Gasteiger partial charge on any atom is -0.316 e. The van der Waals surface area contributed by atoms with Crippen LogP contribution in [0.5, 0.6) is 0 Å². The molecule has 3 rings (SSSR count). The van der Waals surface area contributed by atoms with Gasteiger partial charge in [-0.2, -0.15) is 18.3 Å². The summed E-state index contributed by atoms with van der Waals surface area (Å²) in [6.07, 6.45) is -0.516. The van der Waals surface area contributed by atoms with E-state index >= 15 is 0 Å². The van der Waals surface area contributed by atoms with Crippen LogP contribution in [0.15, 0.2) is 66.0 Å². The number of nitro benzene ring substituents is 1. The molecule has 0 spiro atoms. The second-order valence-corrected chi connectivity index (χ2v) is 5.38. The molecule has 2 heterocycles. The lowest BCUT2D eigenvalue weighted by atomic mass is 10.3. The zero-order valence-corrected chi connectivity index (χ0v) is 13.6. The van der Waals surface area contributed by atoms with E-state index in [4.69, 9.17) is 0 Å². The summed E-state index contributed by atoms with van der Waals surface area (Å²) in [7, 11) is 0. The van der Waals surface area contributed by atoms with E-state index in [1.807, 2.05) is 0 Å². The van der Waals surface area contributed by atoms with Crippen molar-refractivity contribution >= 4 is 17.7 Å². The quantitative estimate of drug-likeness (QED) is 0.410. The van der Waals surface area contributed by atoms with E-state index in [0.29, 0.717) is 11.4 Å². The number of anilines is 1. The molecule has 138 valence electrons. The number of nitrogens with one attached hydrogen (secondary N) is 1. The fourth-order valence-corrected chi connectivity index (χ4v) is 2.26. The van der Waals surface area contributed by atoms with Gasteiger partial charge in [-0.25, -0.2) is 4.98 Å². The molecule has 7 nitrogen and oxygen atoms in total. The van der Waals surface area contributed by atoms with Gasteiger partial charge in [0.2, 0.25) is 0 Å². The van der Waals surface area contributed by atoms with Crippen LogP contribution in [-0.4, -0.2) is 20.7 Å². The molecule has 0 aliphatic carbocycles. The highest BCUT2D eigenvalue weighted by molar-refractivity contribution is 5.79. The molecule has 0 bridgehead atoms. The van der Waals surface area contributed by atoms with Gasteiger partial charge in [-0.05, 0) is 36.4 Å². The van der Waals surface area contributed by atoms with Crippen LogP contribution in [-0.2, 0) is 6.18 Å². The maximum absolute atomic E-state index is 12.5. The van der Waals surface area contributed by atoms with Crippen molar-refractivity contribution in [1.29, 1.82) is 0 Å². The molecule has 0 saturated heterocycles. The zero-order chi connectivity index (χ0) is 19.4. The Morgan fingerprint density at radius 1 is 1.15 bits per heavy atom. The lowest BCUT2D eigenvalue weighted by molar-refractivity contribution is -0.384. The lowest BCUT2D eigenvalue weighted by Crippen LogP contribution is -2.06. The van der Waals surface area contributed by atoms with Crippen molar-refractivity contribution in [2.24, 2.45) is 5.10 Å². The van der Waals surface area contributed by atoms with E-state index in [9.17, 15) is 23.3 Å². The number of alkyl halides is 3. The van der Waals surface area contributed by atoms with E-state index in [0.717, 1.165) is 12.3 Å². The second-order valence-electron chi connectivity index (χ2n) is 5.38. The summed E-state index contributed by atoms with van der Waals surface area (Å²) in [6.45, 7) is 0. The van der Waals surface area contributed by atoms with Gasteiger partial charge in [0.05, 0.1) is 22.4 Å². The van der Waals surface area contributed by atoms with Crippen LogP contribution < -0.4 is 5.43 Å². The molecule has 0 radical (unpaired) electrons. The number of pyridine rings is 1. The Hall–Kier alpha value is -3.69. The highest BCUT2D eigenvalue weighted by Gasteiger charge is 2.30. The first kappa shape index (κ1) is 18.1. The third kappa shape index (κ3) is 4.29. The second kappa shape index (κ2) is 7.28. The van der Waals surface area contributed by atoms with Gasteiger partial charge in [-0.15, -0.1) is 0 Å². The zero-order valence-electron chi connectivity index (χ0n) is 13.6. The van der Waals surface area contributed by atoms with Crippen LogP contribution in [0.4, 0.5) is 24.7 Å². The Morgan fingerprint density at radius 2 is 1.89 bits per heavy atom. The number of hydrazone groups is 1. The summed E-state index contributed by atoms with van der Waals surface area (Å²) in [5.41, 5.74) is 3.04. The topological polar surface area (TPSA) is 85.3 Å². The number of hydrogen-bond acceptors (Lipinski definition) is 5. The van der Waals surface area contributed by atoms with Crippen LogP contribution in [0.25, 0.3) is 5.69 Å². The summed E-state index contributed by atoms with van der Waals surface area (Å²) in [5, 5.41) is 14.7. The minimum absolute atomic E-state index is 0.0174. The smallest absolute Gasteiger partial charge is 0.316 e. The van der Waals surface area contributed by atoms with Crippen molar-refractivity contribution in [2.75, 3.05) is 5.43 Å². The number of rotatable bonds is 5. The Bertz CT molecular complexity index is 963. The van der Waals surface area contributed by atoms with Crippen molar-refractivity contribution in [3.05, 3.63) is 82.3 Å². The summed E-state index contributed by atoms with van der Waals surface area (Å²) in [5.74, 6) is 0.160. The SMILES string of the molecule is O=[N+]([O-])c1ccc(-n2cccc2/C=N\Nc2ccc(C(F)(F)F)cn2)cc1. The number of nitrogens with zero attached hydrogens (tertiary/aromatic N) is 4. The first-order valence-electron chi connectivity index (χ1n) is 7.59. The molecule has 0 unspecified atom stereocenters. The van der Waals surface area contributed by atoms with Crippen molar-refractivity contribution in [1.82, 2.24) is 9.55 Å². The molecular formula is C17H12F3N5O2. The highest BCUT2D eigenvalue weighted by atomic mass is 19.4. The summed E-state index contributed by atoms with van der Waals surface area (Å²) >= 11 is 0. The van der Waals surface area contributed by atoms with Gasteiger partial charge in [0.1, 0.15) is 5.82 Å². The molecule has 0 atom stereocenters. The van der Waals surface area contributed by atoms with Crippen LogP contribution >= 0.6 is 0 Å². The monoisotopic (exact) mass is 375 g/mol. The van der Waals surface area contributed by atoms with E-state index in [1.54, 1.807) is 35.0 Å². The molecule has 0 aliphatic heterocycles. The molecule has 3 aromatic rings. The summed E-state index contributed by atoms with van der Waals surface area (Å²) in [4.78, 5) is 13.9. The summed E-state index contributed by atoms with van der Waals surface area (Å²) in [6, 6.07) is 11.6. The average molecular weight is 375 g/mol. The van der Waals surface area contributed by atoms with Gasteiger partial charge in [0.25, 0.3) is 5.69 Å². The van der Waals surface area contributed by atoms with Gasteiger partial charge in [0, 0.05) is 30.2 Å². The molecule has 0 fully saturated rings. The molecule has 1 aromatic carbocycles. The fraction of sp³-hybridized carbons (Fsp3) is 0.0588. The van der Waals surface area contributed by atoms with Crippen LogP contribution in [0, 0.1) is 10.1 Å². The van der Waals surface area contributed by atoms with Gasteiger partial charge in [-0.3, -0.25) is 15.5 Å². The Balaban J connectivity index is 1.72. The van der Waals surface area contributed by atoms with Crippen molar-refractivity contribution in [2.45, 2.75) is 6.18 Å². The number of halogens is 3. The Labute approximate surface area is 150 Å². The third-order valence-electron chi connectivity index (χ3n) is 3.59. The number of benzene rings is 1. The van der Waals surface area contributed by atoms with Crippen molar-refractivity contribution in [3.8, 4) is 5.69 Å². The average Bonchev–Trinajstić information content (AvgIpc) is 3.10. The van der Waals surface area contributed by atoms with E-state index < -0.39 is 16.7 Å². The predicted molar refractivity (Wildman–Crippen MR) is 92.9 cm³/mol. The molecule has 1 N–H and O–H groups in total. The number of nitro groups is 1.